The average Bonchev–Trinajstić information content (AvgIpc) is 2.84. The molecule has 0 N–H and O–H groups in total. The van der Waals surface area contributed by atoms with Crippen LogP contribution in [0.15, 0.2) is 120 Å². The third kappa shape index (κ3) is 4.53. The summed E-state index contributed by atoms with van der Waals surface area (Å²) in [7, 11) is -1.71. The third-order valence-electron chi connectivity index (χ3n) is 5.71. The Bertz CT molecular complexity index is 932. The van der Waals surface area contributed by atoms with Crippen LogP contribution in [-0.2, 0) is 6.42 Å². The van der Waals surface area contributed by atoms with E-state index in [1.165, 1.54) is 39.0 Å². The van der Waals surface area contributed by atoms with Crippen LogP contribution < -0.4 is 15.9 Å². The number of thioether (sulfide) groups is 1. The summed E-state index contributed by atoms with van der Waals surface area (Å²) in [5, 5.41) is 4.42. The summed E-state index contributed by atoms with van der Waals surface area (Å²) in [6, 6.07) is 42.6. The smallest absolute Gasteiger partial charge is 0.112 e. The maximum atomic E-state index is 2.33. The van der Waals surface area contributed by atoms with Gasteiger partial charge in [0.2, 0.25) is 0 Å². The fraction of sp³-hybridized carbons (Fsp3) is 0.143. The van der Waals surface area contributed by atoms with Gasteiger partial charge in [-0.3, -0.25) is 0 Å². The molecule has 0 spiro atoms. The van der Waals surface area contributed by atoms with Gasteiger partial charge in [-0.2, -0.15) is 0 Å². The molecule has 2 heteroatoms. The maximum Gasteiger partial charge on any atom is 0.112 e. The van der Waals surface area contributed by atoms with E-state index in [0.29, 0.717) is 0 Å². The average molecular weight is 428 g/mol. The first kappa shape index (κ1) is 20.9. The molecule has 4 rings (SSSR count). The molecule has 0 radical (unpaired) electrons. The minimum Gasteiger partial charge on any atom is -0.130 e. The van der Waals surface area contributed by atoms with Crippen LogP contribution in [0, 0.1) is 0 Å². The van der Waals surface area contributed by atoms with E-state index in [2.05, 4.69) is 122 Å². The minimum absolute atomic E-state index is 1.11. The van der Waals surface area contributed by atoms with Crippen molar-refractivity contribution < 1.29 is 0 Å². The molecule has 4 aromatic carbocycles. The van der Waals surface area contributed by atoms with Gasteiger partial charge in [0, 0.05) is 4.90 Å². The third-order valence-corrected chi connectivity index (χ3v) is 11.0. The summed E-state index contributed by atoms with van der Waals surface area (Å²) < 4.78 is 0. The fourth-order valence-electron chi connectivity index (χ4n) is 4.19. The molecule has 0 aromatic heterocycles. The largest absolute Gasteiger partial charge is 0.130 e. The second-order valence-corrected chi connectivity index (χ2v) is 12.0. The van der Waals surface area contributed by atoms with E-state index in [-0.39, 0.29) is 0 Å². The number of hydrogen-bond donors (Lipinski definition) is 0. The second kappa shape index (κ2) is 10.1. The highest BCUT2D eigenvalue weighted by Gasteiger charge is 2.44. The summed E-state index contributed by atoms with van der Waals surface area (Å²) in [6.45, 7) is 0. The molecule has 0 aliphatic heterocycles. The molecule has 0 fully saturated rings. The lowest BCUT2D eigenvalue weighted by Gasteiger charge is -2.27. The molecule has 0 unspecified atom stereocenters. The summed E-state index contributed by atoms with van der Waals surface area (Å²) in [5.74, 6) is 0. The molecule has 0 aliphatic carbocycles. The van der Waals surface area contributed by atoms with E-state index in [9.17, 15) is 0 Å². The molecule has 0 nitrogen and oxygen atoms in total. The highest BCUT2D eigenvalue weighted by Crippen LogP contribution is 2.55. The molecular formula is C28H28PS+. The first-order valence-corrected chi connectivity index (χ1v) is 13.7. The Labute approximate surface area is 185 Å². The van der Waals surface area contributed by atoms with Gasteiger partial charge >= 0.3 is 0 Å². The quantitative estimate of drug-likeness (QED) is 0.234. The minimum atomic E-state index is -1.71. The van der Waals surface area contributed by atoms with Gasteiger partial charge in [0.05, 0.1) is 6.16 Å². The van der Waals surface area contributed by atoms with Gasteiger partial charge in [-0.1, -0.05) is 66.7 Å². The van der Waals surface area contributed by atoms with Crippen LogP contribution in [0.4, 0.5) is 0 Å². The summed E-state index contributed by atoms with van der Waals surface area (Å²) >= 11 is 1.80. The van der Waals surface area contributed by atoms with E-state index >= 15 is 0 Å². The lowest BCUT2D eigenvalue weighted by Crippen LogP contribution is -2.33. The normalized spacial score (nSPS) is 11.4. The van der Waals surface area contributed by atoms with Gasteiger partial charge in [0.25, 0.3) is 0 Å². The van der Waals surface area contributed by atoms with Crippen molar-refractivity contribution in [1.82, 2.24) is 0 Å². The SMILES string of the molecule is CSc1ccc(CCC[P+](c2ccccc2)(c2ccccc2)c2ccccc2)cc1. The van der Waals surface area contributed by atoms with E-state index in [4.69, 9.17) is 0 Å². The van der Waals surface area contributed by atoms with Gasteiger partial charge in [-0.15, -0.1) is 11.8 Å². The van der Waals surface area contributed by atoms with Crippen LogP contribution in [0.3, 0.4) is 0 Å². The predicted octanol–water partition coefficient (Wildman–Crippen LogP) is 6.34. The highest BCUT2D eigenvalue weighted by atomic mass is 32.2. The van der Waals surface area contributed by atoms with Crippen molar-refractivity contribution in [1.29, 1.82) is 0 Å². The van der Waals surface area contributed by atoms with Gasteiger partial charge in [0.1, 0.15) is 23.2 Å². The van der Waals surface area contributed by atoms with Crippen molar-refractivity contribution in [3.8, 4) is 0 Å². The summed E-state index contributed by atoms with van der Waals surface area (Å²) in [4.78, 5) is 1.33. The number of aryl methyl sites for hydroxylation is 1. The molecule has 0 heterocycles. The molecule has 30 heavy (non-hydrogen) atoms. The second-order valence-electron chi connectivity index (χ2n) is 7.49. The lowest BCUT2D eigenvalue weighted by molar-refractivity contribution is 0.926. The zero-order valence-corrected chi connectivity index (χ0v) is 19.2. The molecule has 0 bridgehead atoms. The Balaban J connectivity index is 1.72. The molecule has 0 saturated heterocycles. The van der Waals surface area contributed by atoms with E-state index in [1.807, 2.05) is 0 Å². The summed E-state index contributed by atoms with van der Waals surface area (Å²) in [6.07, 6.45) is 5.59. The monoisotopic (exact) mass is 427 g/mol. The molecule has 150 valence electrons. The van der Waals surface area contributed by atoms with Crippen molar-refractivity contribution in [3.05, 3.63) is 121 Å². The van der Waals surface area contributed by atoms with Gasteiger partial charge in [0.15, 0.2) is 0 Å². The van der Waals surface area contributed by atoms with Crippen LogP contribution in [0.1, 0.15) is 12.0 Å². The Morgan fingerprint density at radius 3 is 1.40 bits per heavy atom. The van der Waals surface area contributed by atoms with Crippen molar-refractivity contribution in [3.63, 3.8) is 0 Å². The van der Waals surface area contributed by atoms with Crippen molar-refractivity contribution in [2.24, 2.45) is 0 Å². The van der Waals surface area contributed by atoms with Gasteiger partial charge in [-0.05, 0) is 73.2 Å². The van der Waals surface area contributed by atoms with Crippen LogP contribution in [0.2, 0.25) is 0 Å². The topological polar surface area (TPSA) is 0 Å². The maximum absolute atomic E-state index is 2.33. The predicted molar refractivity (Wildman–Crippen MR) is 137 cm³/mol. The molecule has 0 amide bonds. The zero-order valence-electron chi connectivity index (χ0n) is 17.4. The first-order valence-electron chi connectivity index (χ1n) is 10.5. The Hall–Kier alpha value is -2.34. The van der Waals surface area contributed by atoms with Gasteiger partial charge in [-0.25, -0.2) is 0 Å². The number of benzene rings is 4. The van der Waals surface area contributed by atoms with E-state index in [0.717, 1.165) is 6.42 Å². The highest BCUT2D eigenvalue weighted by molar-refractivity contribution is 7.98. The Kier molecular flexibility index (Phi) is 7.05. The molecule has 0 aliphatic rings. The van der Waals surface area contributed by atoms with Crippen molar-refractivity contribution in [2.75, 3.05) is 12.4 Å². The van der Waals surface area contributed by atoms with Crippen molar-refractivity contribution >= 4 is 34.9 Å². The van der Waals surface area contributed by atoms with Crippen LogP contribution >= 0.6 is 19.0 Å². The zero-order chi connectivity index (χ0) is 20.7. The fourth-order valence-corrected chi connectivity index (χ4v) is 8.95. The van der Waals surface area contributed by atoms with Crippen molar-refractivity contribution in [2.45, 2.75) is 17.7 Å². The Morgan fingerprint density at radius 2 is 1.00 bits per heavy atom. The standard InChI is InChI=1S/C28H28PS/c1-30-28-21-19-24(20-22-28)12-11-23-29(25-13-5-2-6-14-25,26-15-7-3-8-16-26)27-17-9-4-10-18-27/h2-10,13-22H,11-12,23H2,1H3/q+1. The number of rotatable bonds is 8. The first-order chi connectivity index (χ1) is 14.8. The Morgan fingerprint density at radius 1 is 0.567 bits per heavy atom. The molecule has 4 aromatic rings. The van der Waals surface area contributed by atoms with Gasteiger partial charge < -0.3 is 0 Å². The van der Waals surface area contributed by atoms with Crippen LogP contribution in [0.5, 0.6) is 0 Å². The number of hydrogen-bond acceptors (Lipinski definition) is 1. The van der Waals surface area contributed by atoms with Crippen LogP contribution in [-0.4, -0.2) is 12.4 Å². The summed E-state index contributed by atoms with van der Waals surface area (Å²) in [5.41, 5.74) is 1.43. The molecular weight excluding hydrogens is 399 g/mol. The molecule has 0 atom stereocenters. The van der Waals surface area contributed by atoms with E-state index in [1.54, 1.807) is 11.8 Å². The van der Waals surface area contributed by atoms with Crippen LogP contribution in [0.25, 0.3) is 0 Å². The molecule has 0 saturated carbocycles. The van der Waals surface area contributed by atoms with E-state index < -0.39 is 7.26 Å². The lowest BCUT2D eigenvalue weighted by atomic mass is 10.1.